The van der Waals surface area contributed by atoms with E-state index >= 15 is 0 Å². The van der Waals surface area contributed by atoms with Crippen LogP contribution in [-0.2, 0) is 33.2 Å². The highest BCUT2D eigenvalue weighted by molar-refractivity contribution is 5.95. The summed E-state index contributed by atoms with van der Waals surface area (Å²) in [6, 6.07) is 13.8. The van der Waals surface area contributed by atoms with E-state index < -0.39 is 18.6 Å². The Kier molecular flexibility index (Phi) is 18.5. The van der Waals surface area contributed by atoms with E-state index in [1.807, 2.05) is 0 Å². The van der Waals surface area contributed by atoms with Gasteiger partial charge in [0.25, 0.3) is 5.91 Å². The van der Waals surface area contributed by atoms with Crippen LogP contribution in [0.3, 0.4) is 0 Å². The molecule has 5 rings (SSSR count). The summed E-state index contributed by atoms with van der Waals surface area (Å²) in [5.41, 5.74) is 2.12. The molecule has 2 bridgehead atoms. The predicted octanol–water partition coefficient (Wildman–Crippen LogP) is 3.11. The molecule has 5 atom stereocenters. The molecule has 0 spiro atoms. The molecule has 3 aromatic rings. The van der Waals surface area contributed by atoms with Crippen LogP contribution in [0, 0.1) is 17.8 Å². The van der Waals surface area contributed by atoms with Gasteiger partial charge in [-0.15, -0.1) is 13.2 Å². The molecule has 2 aliphatic rings. The smallest absolute Gasteiger partial charge is 0.406 e. The van der Waals surface area contributed by atoms with Gasteiger partial charge in [0, 0.05) is 41.9 Å². The van der Waals surface area contributed by atoms with Gasteiger partial charge in [-0.1, -0.05) is 12.1 Å². The minimum absolute atomic E-state index is 0.0133. The zero-order chi connectivity index (χ0) is 41.9. The third kappa shape index (κ3) is 15.6. The summed E-state index contributed by atoms with van der Waals surface area (Å²) in [5.74, 6) is -0.692. The van der Waals surface area contributed by atoms with Crippen molar-refractivity contribution in [2.45, 2.75) is 31.4 Å². The molecule has 19 heteroatoms. The van der Waals surface area contributed by atoms with Crippen LogP contribution in [0.25, 0.3) is 11.3 Å². The lowest BCUT2D eigenvalue weighted by Gasteiger charge is -2.28. The number of anilines is 2. The molecule has 59 heavy (non-hydrogen) atoms. The molecule has 1 aromatic heterocycles. The molecule has 2 fully saturated rings. The van der Waals surface area contributed by atoms with E-state index in [-0.39, 0.29) is 35.3 Å². The number of fused-ring (bicyclic) bond motifs is 2. The predicted molar refractivity (Wildman–Crippen MR) is 206 cm³/mol. The maximum atomic E-state index is 12.8. The fourth-order valence-corrected chi connectivity index (χ4v) is 6.81. The van der Waals surface area contributed by atoms with Gasteiger partial charge in [-0.05, 0) is 61.1 Å². The molecule has 5 N–H and O–H groups in total. The fraction of sp³-hybridized carbons (Fsp3) is 0.550. The number of amides is 2. The zero-order valence-corrected chi connectivity index (χ0v) is 32.6. The molecule has 2 amide bonds. The molecule has 2 aliphatic carbocycles. The van der Waals surface area contributed by atoms with Gasteiger partial charge in [-0.3, -0.25) is 9.59 Å². The van der Waals surface area contributed by atoms with E-state index in [1.54, 1.807) is 30.3 Å². The van der Waals surface area contributed by atoms with Crippen LogP contribution in [0.4, 0.5) is 24.7 Å². The molecule has 324 valence electrons. The maximum absolute atomic E-state index is 12.8. The van der Waals surface area contributed by atoms with Crippen molar-refractivity contribution >= 4 is 23.3 Å². The standard InChI is InChI=1S/C40H52F3N5O11/c41-40(42,43)59-31-6-4-30(5-7-31)48-35-25-34(46-26-47-35)27-2-1-3-28(22-27)38(51)44-8-10-53-12-14-55-16-18-57-20-21-58-19-17-56-15-13-54-11-9-45-39(52)33-24-29-23-32(33)37(50)36(29)49/h1-7,22,25-26,29,32-33,36-37,49-50H,8-21,23-24H2,(H,44,51)(H,45,52)(H,46,47,48). The SMILES string of the molecule is O=C(NCCOCCOCCOCCOCCOCCOCCNC(=O)C1CC2CC1C(O)C2O)c1cccc(-c2cc(Nc3ccc(OC(F)(F)F)cc3)ncn2)c1. The van der Waals surface area contributed by atoms with Crippen LogP contribution < -0.4 is 20.7 Å². The number of ether oxygens (including phenoxy) is 7. The third-order valence-corrected chi connectivity index (χ3v) is 9.64. The Hall–Kier alpha value is -4.47. The first-order chi connectivity index (χ1) is 28.6. The number of hydrogen-bond donors (Lipinski definition) is 5. The zero-order valence-electron chi connectivity index (χ0n) is 32.6. The second-order valence-electron chi connectivity index (χ2n) is 13.8. The average Bonchev–Trinajstić information content (AvgIpc) is 3.79. The number of benzene rings is 2. The lowest BCUT2D eigenvalue weighted by molar-refractivity contribution is -0.274. The molecular weight excluding hydrogens is 783 g/mol. The fourth-order valence-electron chi connectivity index (χ4n) is 6.81. The van der Waals surface area contributed by atoms with E-state index in [4.69, 9.17) is 28.4 Å². The van der Waals surface area contributed by atoms with Crippen LogP contribution >= 0.6 is 0 Å². The van der Waals surface area contributed by atoms with Crippen molar-refractivity contribution in [1.82, 2.24) is 20.6 Å². The molecule has 16 nitrogen and oxygen atoms in total. The number of rotatable bonds is 27. The average molecular weight is 836 g/mol. The van der Waals surface area contributed by atoms with Gasteiger partial charge in [0.1, 0.15) is 17.9 Å². The molecule has 2 saturated carbocycles. The van der Waals surface area contributed by atoms with Crippen molar-refractivity contribution in [3.8, 4) is 17.0 Å². The normalized spacial score (nSPS) is 19.8. The van der Waals surface area contributed by atoms with E-state index in [2.05, 4.69) is 30.7 Å². The number of nitrogens with zero attached hydrogens (tertiary/aromatic N) is 2. The van der Waals surface area contributed by atoms with E-state index in [0.29, 0.717) is 134 Å². The number of carbonyl (C=O) groups is 2. The highest BCUT2D eigenvalue weighted by Gasteiger charge is 2.53. The maximum Gasteiger partial charge on any atom is 0.573 e. The Bertz CT molecular complexity index is 1720. The second-order valence-corrected chi connectivity index (χ2v) is 13.8. The third-order valence-electron chi connectivity index (χ3n) is 9.64. The monoisotopic (exact) mass is 835 g/mol. The molecule has 1 heterocycles. The van der Waals surface area contributed by atoms with Gasteiger partial charge in [0.15, 0.2) is 0 Å². The van der Waals surface area contributed by atoms with Crippen molar-refractivity contribution in [2.75, 3.05) is 97.7 Å². The van der Waals surface area contributed by atoms with Gasteiger partial charge in [0.2, 0.25) is 5.91 Å². The largest absolute Gasteiger partial charge is 0.573 e. The Morgan fingerprint density at radius 3 is 1.83 bits per heavy atom. The summed E-state index contributed by atoms with van der Waals surface area (Å²) < 4.78 is 74.2. The van der Waals surface area contributed by atoms with E-state index in [1.165, 1.54) is 30.6 Å². The number of carbonyl (C=O) groups excluding carboxylic acids is 2. The molecule has 0 radical (unpaired) electrons. The minimum Gasteiger partial charge on any atom is -0.406 e. The van der Waals surface area contributed by atoms with Crippen molar-refractivity contribution < 1.29 is 66.1 Å². The van der Waals surface area contributed by atoms with Crippen molar-refractivity contribution in [3.63, 3.8) is 0 Å². The van der Waals surface area contributed by atoms with Crippen LogP contribution in [0.15, 0.2) is 60.9 Å². The van der Waals surface area contributed by atoms with Gasteiger partial charge >= 0.3 is 6.36 Å². The highest BCUT2D eigenvalue weighted by atomic mass is 19.4. The molecule has 2 aromatic carbocycles. The summed E-state index contributed by atoms with van der Waals surface area (Å²) >= 11 is 0. The Balaban J connectivity index is 0.795. The van der Waals surface area contributed by atoms with Crippen molar-refractivity contribution in [1.29, 1.82) is 0 Å². The number of halogens is 3. The van der Waals surface area contributed by atoms with Crippen LogP contribution in [0.2, 0.25) is 0 Å². The number of aliphatic hydroxyl groups excluding tert-OH is 2. The number of aliphatic hydroxyl groups is 2. The first-order valence-electron chi connectivity index (χ1n) is 19.5. The minimum atomic E-state index is -4.77. The van der Waals surface area contributed by atoms with Gasteiger partial charge < -0.3 is 59.3 Å². The van der Waals surface area contributed by atoms with Gasteiger partial charge in [-0.25, -0.2) is 9.97 Å². The topological polar surface area (TPSA) is 201 Å². The number of hydrogen-bond acceptors (Lipinski definition) is 14. The molecule has 0 aliphatic heterocycles. The number of aromatic nitrogens is 2. The number of nitrogens with one attached hydrogen (secondary N) is 3. The van der Waals surface area contributed by atoms with E-state index in [0.717, 1.165) is 0 Å². The van der Waals surface area contributed by atoms with Crippen LogP contribution in [0.1, 0.15) is 23.2 Å². The summed E-state index contributed by atoms with van der Waals surface area (Å²) in [5, 5.41) is 28.6. The van der Waals surface area contributed by atoms with Gasteiger partial charge in [-0.2, -0.15) is 0 Å². The molecular formula is C40H52F3N5O11. The summed E-state index contributed by atoms with van der Waals surface area (Å²) in [6.45, 7) is 5.34. The second kappa shape index (κ2) is 24.0. The first-order valence-corrected chi connectivity index (χ1v) is 19.5. The highest BCUT2D eigenvalue weighted by Crippen LogP contribution is 2.48. The Morgan fingerprint density at radius 1 is 0.695 bits per heavy atom. The van der Waals surface area contributed by atoms with Crippen molar-refractivity contribution in [3.05, 3.63) is 66.5 Å². The lowest BCUT2D eigenvalue weighted by Crippen LogP contribution is -2.43. The summed E-state index contributed by atoms with van der Waals surface area (Å²) in [6.07, 6.45) is -3.62. The Morgan fingerprint density at radius 2 is 1.27 bits per heavy atom. The first kappa shape index (κ1) is 45.6. The lowest BCUT2D eigenvalue weighted by atomic mass is 9.84. The summed E-state index contributed by atoms with van der Waals surface area (Å²) in [4.78, 5) is 33.6. The van der Waals surface area contributed by atoms with Crippen LogP contribution in [-0.4, -0.2) is 143 Å². The quantitative estimate of drug-likeness (QED) is 0.0702. The summed E-state index contributed by atoms with van der Waals surface area (Å²) in [7, 11) is 0. The Labute approximate surface area is 340 Å². The van der Waals surface area contributed by atoms with Crippen LogP contribution in [0.5, 0.6) is 5.75 Å². The van der Waals surface area contributed by atoms with Gasteiger partial charge in [0.05, 0.1) is 97.2 Å². The molecule has 5 unspecified atom stereocenters. The molecule has 0 saturated heterocycles. The van der Waals surface area contributed by atoms with E-state index in [9.17, 15) is 33.0 Å². The van der Waals surface area contributed by atoms with Crippen molar-refractivity contribution in [2.24, 2.45) is 17.8 Å². The number of alkyl halides is 3.